The number of amides is 1. The molecule has 1 saturated heterocycles. The van der Waals surface area contributed by atoms with Crippen LogP contribution in [0.1, 0.15) is 62.6 Å². The van der Waals surface area contributed by atoms with Gasteiger partial charge in [-0.05, 0) is 82.0 Å². The lowest BCUT2D eigenvalue weighted by Crippen LogP contribution is -2.36. The molecule has 2 N–H and O–H groups in total. The Morgan fingerprint density at radius 3 is 2.68 bits per heavy atom. The smallest absolute Gasteiger partial charge is 0.410 e. The molecule has 25 heavy (non-hydrogen) atoms. The third kappa shape index (κ3) is 4.35. The number of hydrogen-bond donors (Lipinski definition) is 1. The fourth-order valence-corrected chi connectivity index (χ4v) is 4.19. The summed E-state index contributed by atoms with van der Waals surface area (Å²) < 4.78 is 5.52. The average Bonchev–Trinajstić information content (AvgIpc) is 3.04. The molecular weight excluding hydrogens is 312 g/mol. The topological polar surface area (TPSA) is 55.6 Å². The van der Waals surface area contributed by atoms with Crippen molar-refractivity contribution in [2.24, 2.45) is 11.7 Å². The van der Waals surface area contributed by atoms with Crippen LogP contribution in [-0.2, 0) is 17.6 Å². The number of fused-ring (bicyclic) bond motifs is 1. The van der Waals surface area contributed by atoms with Crippen LogP contribution in [0.25, 0.3) is 0 Å². The Hall–Kier alpha value is -1.55. The molecular formula is C21H32N2O2. The van der Waals surface area contributed by atoms with Crippen LogP contribution in [-0.4, -0.2) is 36.2 Å². The minimum absolute atomic E-state index is 0.198. The van der Waals surface area contributed by atoms with E-state index in [1.807, 2.05) is 25.7 Å². The van der Waals surface area contributed by atoms with Gasteiger partial charge in [0, 0.05) is 19.0 Å². The molecule has 1 heterocycles. The largest absolute Gasteiger partial charge is 0.444 e. The molecule has 0 radical (unpaired) electrons. The first kappa shape index (κ1) is 18.2. The third-order valence-electron chi connectivity index (χ3n) is 5.50. The van der Waals surface area contributed by atoms with Crippen molar-refractivity contribution in [2.45, 2.75) is 64.4 Å². The van der Waals surface area contributed by atoms with Gasteiger partial charge in [0.1, 0.15) is 5.60 Å². The molecule has 0 saturated carbocycles. The normalized spacial score (nSPS) is 21.8. The fourth-order valence-electron chi connectivity index (χ4n) is 4.19. The second kappa shape index (κ2) is 7.36. The monoisotopic (exact) mass is 344 g/mol. The summed E-state index contributed by atoms with van der Waals surface area (Å²) in [5, 5.41) is 0. The summed E-state index contributed by atoms with van der Waals surface area (Å²) in [6.07, 6.45) is 5.79. The summed E-state index contributed by atoms with van der Waals surface area (Å²) in [4.78, 5) is 14.2. The summed E-state index contributed by atoms with van der Waals surface area (Å²) in [6.45, 7) is 7.87. The number of carbonyl (C=O) groups is 1. The van der Waals surface area contributed by atoms with Gasteiger partial charge in [-0.25, -0.2) is 4.79 Å². The molecule has 0 bridgehead atoms. The van der Waals surface area contributed by atoms with E-state index in [0.717, 1.165) is 19.5 Å². The second-order valence-corrected chi connectivity index (χ2v) is 8.55. The number of aryl methyl sites for hydroxylation is 2. The van der Waals surface area contributed by atoms with E-state index in [4.69, 9.17) is 10.5 Å². The van der Waals surface area contributed by atoms with Crippen molar-refractivity contribution in [3.05, 3.63) is 34.9 Å². The predicted molar refractivity (Wildman–Crippen MR) is 101 cm³/mol. The first-order chi connectivity index (χ1) is 11.9. The van der Waals surface area contributed by atoms with Crippen LogP contribution >= 0.6 is 0 Å². The molecule has 1 aliphatic heterocycles. The van der Waals surface area contributed by atoms with Gasteiger partial charge in [0.25, 0.3) is 0 Å². The van der Waals surface area contributed by atoms with E-state index in [1.54, 1.807) is 0 Å². The number of hydrogen-bond acceptors (Lipinski definition) is 3. The maximum Gasteiger partial charge on any atom is 0.410 e. The number of carbonyl (C=O) groups excluding carboxylic acids is 1. The molecule has 138 valence electrons. The van der Waals surface area contributed by atoms with Crippen molar-refractivity contribution in [3.8, 4) is 0 Å². The first-order valence-electron chi connectivity index (χ1n) is 9.67. The zero-order valence-electron chi connectivity index (χ0n) is 15.9. The average molecular weight is 344 g/mol. The Morgan fingerprint density at radius 2 is 2.00 bits per heavy atom. The highest BCUT2D eigenvalue weighted by Crippen LogP contribution is 2.34. The lowest BCUT2D eigenvalue weighted by molar-refractivity contribution is 0.0286. The van der Waals surface area contributed by atoms with Crippen molar-refractivity contribution in [1.82, 2.24) is 4.90 Å². The first-order valence-corrected chi connectivity index (χ1v) is 9.67. The van der Waals surface area contributed by atoms with Gasteiger partial charge in [-0.3, -0.25) is 0 Å². The van der Waals surface area contributed by atoms with Crippen LogP contribution in [0.5, 0.6) is 0 Å². The number of rotatable bonds is 3. The van der Waals surface area contributed by atoms with Gasteiger partial charge >= 0.3 is 6.09 Å². The van der Waals surface area contributed by atoms with Crippen molar-refractivity contribution in [3.63, 3.8) is 0 Å². The Bertz CT molecular complexity index is 621. The van der Waals surface area contributed by atoms with Crippen molar-refractivity contribution < 1.29 is 9.53 Å². The number of ether oxygens (including phenoxy) is 1. The lowest BCUT2D eigenvalue weighted by atomic mass is 9.82. The minimum Gasteiger partial charge on any atom is -0.444 e. The number of nitrogens with zero attached hydrogens (tertiary/aromatic N) is 1. The van der Waals surface area contributed by atoms with Crippen molar-refractivity contribution >= 4 is 6.09 Å². The molecule has 1 aromatic carbocycles. The number of nitrogens with two attached hydrogens (primary N) is 1. The molecule has 0 aromatic heterocycles. The van der Waals surface area contributed by atoms with Crippen LogP contribution in [0.3, 0.4) is 0 Å². The molecule has 2 atom stereocenters. The standard InChI is InChI=1S/C21H32N2O2/c1-21(2,3)25-20(24)23-11-10-18(14-23)19(13-22)17-9-8-15-6-4-5-7-16(15)12-17/h8-9,12,18-19H,4-7,10-11,13-14,22H2,1-3H3. The summed E-state index contributed by atoms with van der Waals surface area (Å²) in [7, 11) is 0. The molecule has 3 rings (SSSR count). The Kier molecular flexibility index (Phi) is 5.38. The highest BCUT2D eigenvalue weighted by atomic mass is 16.6. The molecule has 1 fully saturated rings. The van der Waals surface area contributed by atoms with Crippen molar-refractivity contribution in [2.75, 3.05) is 19.6 Å². The summed E-state index contributed by atoms with van der Waals surface area (Å²) in [5.74, 6) is 0.735. The van der Waals surface area contributed by atoms with Crippen LogP contribution in [0, 0.1) is 5.92 Å². The predicted octanol–water partition coefficient (Wildman–Crippen LogP) is 3.86. The van der Waals surface area contributed by atoms with E-state index in [9.17, 15) is 4.79 Å². The highest BCUT2D eigenvalue weighted by molar-refractivity contribution is 5.68. The minimum atomic E-state index is -0.444. The van der Waals surface area contributed by atoms with Crippen LogP contribution in [0.15, 0.2) is 18.2 Å². The molecule has 1 aromatic rings. The summed E-state index contributed by atoms with van der Waals surface area (Å²) >= 11 is 0. The zero-order valence-corrected chi connectivity index (χ0v) is 15.9. The van der Waals surface area contributed by atoms with Gasteiger partial charge in [0.05, 0.1) is 0 Å². The molecule has 4 nitrogen and oxygen atoms in total. The van der Waals surface area contributed by atoms with E-state index >= 15 is 0 Å². The second-order valence-electron chi connectivity index (χ2n) is 8.55. The molecule has 1 amide bonds. The van der Waals surface area contributed by atoms with E-state index in [0.29, 0.717) is 18.4 Å². The van der Waals surface area contributed by atoms with Crippen LogP contribution in [0.4, 0.5) is 4.79 Å². The van der Waals surface area contributed by atoms with Gasteiger partial charge in [0.15, 0.2) is 0 Å². The lowest BCUT2D eigenvalue weighted by Gasteiger charge is -2.27. The summed E-state index contributed by atoms with van der Waals surface area (Å²) in [6, 6.07) is 6.94. The Morgan fingerprint density at radius 1 is 1.28 bits per heavy atom. The highest BCUT2D eigenvalue weighted by Gasteiger charge is 2.34. The molecule has 4 heteroatoms. The van der Waals surface area contributed by atoms with Gasteiger partial charge < -0.3 is 15.4 Å². The maximum atomic E-state index is 12.3. The van der Waals surface area contributed by atoms with Crippen LogP contribution in [0.2, 0.25) is 0 Å². The quantitative estimate of drug-likeness (QED) is 0.906. The summed E-state index contributed by atoms with van der Waals surface area (Å²) in [5.41, 5.74) is 10.1. The van der Waals surface area contributed by atoms with Gasteiger partial charge in [-0.2, -0.15) is 0 Å². The van der Waals surface area contributed by atoms with Gasteiger partial charge in [-0.1, -0.05) is 18.2 Å². The zero-order chi connectivity index (χ0) is 18.0. The van der Waals surface area contributed by atoms with E-state index in [-0.39, 0.29) is 6.09 Å². The Balaban J connectivity index is 1.69. The number of benzene rings is 1. The van der Waals surface area contributed by atoms with Crippen molar-refractivity contribution in [1.29, 1.82) is 0 Å². The molecule has 2 unspecified atom stereocenters. The third-order valence-corrected chi connectivity index (χ3v) is 5.50. The fraction of sp³-hybridized carbons (Fsp3) is 0.667. The molecule has 0 spiro atoms. The molecule has 1 aliphatic carbocycles. The van der Waals surface area contributed by atoms with E-state index < -0.39 is 5.60 Å². The van der Waals surface area contributed by atoms with E-state index in [1.165, 1.54) is 42.4 Å². The number of likely N-dealkylation sites (tertiary alicyclic amines) is 1. The SMILES string of the molecule is CC(C)(C)OC(=O)N1CCC(C(CN)c2ccc3c(c2)CCCC3)C1. The Labute approximate surface area is 151 Å². The maximum absolute atomic E-state index is 12.3. The van der Waals surface area contributed by atoms with Gasteiger partial charge in [0.2, 0.25) is 0 Å². The van der Waals surface area contributed by atoms with Crippen LogP contribution < -0.4 is 5.73 Å². The molecule has 2 aliphatic rings. The van der Waals surface area contributed by atoms with E-state index in [2.05, 4.69) is 18.2 Å². The van der Waals surface area contributed by atoms with Gasteiger partial charge in [-0.15, -0.1) is 0 Å².